The number of aryl methyl sites for hydroxylation is 1. The molecule has 1 atom stereocenters. The number of rotatable bonds is 4. The van der Waals surface area contributed by atoms with E-state index in [0.717, 1.165) is 18.2 Å². The molecule has 2 nitrogen and oxygen atoms in total. The van der Waals surface area contributed by atoms with Crippen molar-refractivity contribution >= 4 is 26.8 Å². The Bertz CT molecular complexity index is 512. The molecule has 0 saturated heterocycles. The number of nitrogens with zero attached hydrogens (tertiary/aromatic N) is 2. The van der Waals surface area contributed by atoms with Crippen molar-refractivity contribution in [3.63, 3.8) is 0 Å². The second-order valence-corrected chi connectivity index (χ2v) is 5.62. The van der Waals surface area contributed by atoms with Gasteiger partial charge in [0.15, 0.2) is 0 Å². The molecule has 17 heavy (non-hydrogen) atoms. The number of halogens is 1. The summed E-state index contributed by atoms with van der Waals surface area (Å²) in [7, 11) is 2.02. The zero-order valence-corrected chi connectivity index (χ0v) is 12.3. The summed E-state index contributed by atoms with van der Waals surface area (Å²) in [6.07, 6.45) is 2.18. The number of hydrogen-bond acceptors (Lipinski definition) is 1. The van der Waals surface area contributed by atoms with Crippen molar-refractivity contribution in [2.45, 2.75) is 26.7 Å². The molecule has 0 saturated carbocycles. The molecule has 1 unspecified atom stereocenters. The first-order valence-corrected chi connectivity index (χ1v) is 7.18. The molecule has 0 N–H and O–H groups in total. The Balaban J connectivity index is 2.43. The van der Waals surface area contributed by atoms with Gasteiger partial charge in [-0.3, -0.25) is 4.68 Å². The summed E-state index contributed by atoms with van der Waals surface area (Å²) in [5, 5.41) is 6.97. The molecule has 1 aromatic heterocycles. The van der Waals surface area contributed by atoms with E-state index in [1.807, 2.05) is 11.7 Å². The van der Waals surface area contributed by atoms with E-state index >= 15 is 0 Å². The standard InChI is InChI=1S/C14H19BrN2/c1-4-14(2,10-15)9-12-11-7-5-6-8-13(11)17(3)16-12/h5-8H,4,9-10H2,1-3H3. The molecule has 0 radical (unpaired) electrons. The lowest BCUT2D eigenvalue weighted by molar-refractivity contribution is 0.357. The van der Waals surface area contributed by atoms with Crippen molar-refractivity contribution < 1.29 is 0 Å². The van der Waals surface area contributed by atoms with E-state index in [9.17, 15) is 0 Å². The maximum Gasteiger partial charge on any atom is 0.0708 e. The van der Waals surface area contributed by atoms with Crippen LogP contribution >= 0.6 is 15.9 Å². The van der Waals surface area contributed by atoms with Crippen LogP contribution in [0.1, 0.15) is 26.0 Å². The second kappa shape index (κ2) is 4.81. The smallest absolute Gasteiger partial charge is 0.0708 e. The minimum atomic E-state index is 0.289. The van der Waals surface area contributed by atoms with Crippen LogP contribution in [0.2, 0.25) is 0 Å². The van der Waals surface area contributed by atoms with E-state index in [1.54, 1.807) is 0 Å². The minimum Gasteiger partial charge on any atom is -0.268 e. The quantitative estimate of drug-likeness (QED) is 0.782. The first-order chi connectivity index (χ1) is 8.09. The summed E-state index contributed by atoms with van der Waals surface area (Å²) in [4.78, 5) is 0. The number of para-hydroxylation sites is 1. The van der Waals surface area contributed by atoms with Gasteiger partial charge >= 0.3 is 0 Å². The Morgan fingerprint density at radius 2 is 2.06 bits per heavy atom. The summed E-state index contributed by atoms with van der Waals surface area (Å²) in [6.45, 7) is 4.55. The van der Waals surface area contributed by atoms with Crippen molar-refractivity contribution in [1.29, 1.82) is 0 Å². The van der Waals surface area contributed by atoms with Crippen molar-refractivity contribution in [3.8, 4) is 0 Å². The molecule has 3 heteroatoms. The summed E-state index contributed by atoms with van der Waals surface area (Å²) in [6, 6.07) is 8.45. The van der Waals surface area contributed by atoms with Crippen molar-refractivity contribution in [1.82, 2.24) is 9.78 Å². The van der Waals surface area contributed by atoms with Gasteiger partial charge in [0.2, 0.25) is 0 Å². The zero-order valence-electron chi connectivity index (χ0n) is 10.7. The summed E-state index contributed by atoms with van der Waals surface area (Å²) < 4.78 is 1.98. The van der Waals surface area contributed by atoms with Gasteiger partial charge in [0.25, 0.3) is 0 Å². The molecule has 0 spiro atoms. The van der Waals surface area contributed by atoms with Gasteiger partial charge in [-0.2, -0.15) is 5.10 Å². The Hall–Kier alpha value is -0.830. The third-order valence-electron chi connectivity index (χ3n) is 3.60. The predicted octanol–water partition coefficient (Wildman–Crippen LogP) is 3.93. The fourth-order valence-electron chi connectivity index (χ4n) is 2.09. The molecule has 0 aliphatic rings. The van der Waals surface area contributed by atoms with Gasteiger partial charge < -0.3 is 0 Å². The lowest BCUT2D eigenvalue weighted by Crippen LogP contribution is -2.20. The molecule has 0 aliphatic heterocycles. The van der Waals surface area contributed by atoms with Gasteiger partial charge in [-0.1, -0.05) is 48.0 Å². The zero-order chi connectivity index (χ0) is 12.5. The van der Waals surface area contributed by atoms with E-state index < -0.39 is 0 Å². The molecule has 0 aliphatic carbocycles. The predicted molar refractivity (Wildman–Crippen MR) is 76.6 cm³/mol. The molecular formula is C14H19BrN2. The van der Waals surface area contributed by atoms with E-state index in [2.05, 4.69) is 59.1 Å². The van der Waals surface area contributed by atoms with Crippen LogP contribution in [-0.4, -0.2) is 15.1 Å². The van der Waals surface area contributed by atoms with Crippen LogP contribution in [0.15, 0.2) is 24.3 Å². The summed E-state index contributed by atoms with van der Waals surface area (Å²) in [5.41, 5.74) is 2.72. The molecule has 0 bridgehead atoms. The van der Waals surface area contributed by atoms with Crippen LogP contribution in [0.5, 0.6) is 0 Å². The van der Waals surface area contributed by atoms with Crippen molar-refractivity contribution in [3.05, 3.63) is 30.0 Å². The van der Waals surface area contributed by atoms with Crippen molar-refractivity contribution in [2.75, 3.05) is 5.33 Å². The largest absolute Gasteiger partial charge is 0.268 e. The molecule has 2 rings (SSSR count). The highest BCUT2D eigenvalue weighted by Crippen LogP contribution is 2.31. The lowest BCUT2D eigenvalue weighted by atomic mass is 9.84. The maximum absolute atomic E-state index is 4.67. The fraction of sp³-hybridized carbons (Fsp3) is 0.500. The van der Waals surface area contributed by atoms with Crippen LogP contribution in [0.25, 0.3) is 10.9 Å². The van der Waals surface area contributed by atoms with Crippen LogP contribution in [0.3, 0.4) is 0 Å². The first kappa shape index (κ1) is 12.6. The highest BCUT2D eigenvalue weighted by molar-refractivity contribution is 9.09. The molecule has 2 aromatic rings. The Kier molecular flexibility index (Phi) is 3.57. The normalized spacial score (nSPS) is 15.1. The topological polar surface area (TPSA) is 17.8 Å². The van der Waals surface area contributed by atoms with Gasteiger partial charge in [0, 0.05) is 17.8 Å². The average molecular weight is 295 g/mol. The van der Waals surface area contributed by atoms with Gasteiger partial charge in [-0.15, -0.1) is 0 Å². The minimum absolute atomic E-state index is 0.289. The molecule has 1 aromatic carbocycles. The summed E-state index contributed by atoms with van der Waals surface area (Å²) >= 11 is 3.63. The highest BCUT2D eigenvalue weighted by Gasteiger charge is 2.23. The Labute approximate surface area is 111 Å². The van der Waals surface area contributed by atoms with Crippen LogP contribution < -0.4 is 0 Å². The molecule has 0 fully saturated rings. The second-order valence-electron chi connectivity index (χ2n) is 5.06. The lowest BCUT2D eigenvalue weighted by Gasteiger charge is -2.24. The number of alkyl halides is 1. The van der Waals surface area contributed by atoms with Crippen LogP contribution in [0.4, 0.5) is 0 Å². The van der Waals surface area contributed by atoms with E-state index in [1.165, 1.54) is 16.6 Å². The average Bonchev–Trinajstić information content (AvgIpc) is 2.67. The van der Waals surface area contributed by atoms with E-state index in [4.69, 9.17) is 0 Å². The number of aromatic nitrogens is 2. The van der Waals surface area contributed by atoms with Crippen molar-refractivity contribution in [2.24, 2.45) is 12.5 Å². The summed E-state index contributed by atoms with van der Waals surface area (Å²) in [5.74, 6) is 0. The van der Waals surface area contributed by atoms with E-state index in [0.29, 0.717) is 0 Å². The molecule has 0 amide bonds. The highest BCUT2D eigenvalue weighted by atomic mass is 79.9. The van der Waals surface area contributed by atoms with Gasteiger partial charge in [-0.25, -0.2) is 0 Å². The number of hydrogen-bond donors (Lipinski definition) is 0. The van der Waals surface area contributed by atoms with Crippen LogP contribution in [-0.2, 0) is 13.5 Å². The van der Waals surface area contributed by atoms with Crippen LogP contribution in [0, 0.1) is 5.41 Å². The third-order valence-corrected chi connectivity index (χ3v) is 4.96. The monoisotopic (exact) mass is 294 g/mol. The first-order valence-electron chi connectivity index (χ1n) is 6.06. The molecular weight excluding hydrogens is 276 g/mol. The van der Waals surface area contributed by atoms with E-state index in [-0.39, 0.29) is 5.41 Å². The maximum atomic E-state index is 4.67. The Morgan fingerprint density at radius 1 is 1.35 bits per heavy atom. The molecule has 1 heterocycles. The Morgan fingerprint density at radius 3 is 2.71 bits per heavy atom. The van der Waals surface area contributed by atoms with Gasteiger partial charge in [-0.05, 0) is 24.3 Å². The molecule has 92 valence electrons. The van der Waals surface area contributed by atoms with Gasteiger partial charge in [0.05, 0.1) is 11.2 Å². The fourth-order valence-corrected chi connectivity index (χ4v) is 2.68. The number of benzene rings is 1. The number of fused-ring (bicyclic) bond motifs is 1. The van der Waals surface area contributed by atoms with Gasteiger partial charge in [0.1, 0.15) is 0 Å². The third kappa shape index (κ3) is 2.39. The SMILES string of the molecule is CCC(C)(CBr)Cc1nn(C)c2ccccc12.